The predicted molar refractivity (Wildman–Crippen MR) is 57.5 cm³/mol. The van der Waals surface area contributed by atoms with Crippen molar-refractivity contribution in [1.82, 2.24) is 5.32 Å². The molecule has 15 heavy (non-hydrogen) atoms. The first kappa shape index (κ1) is 10.4. The van der Waals surface area contributed by atoms with Crippen LogP contribution in [0.15, 0.2) is 18.2 Å². The van der Waals surface area contributed by atoms with E-state index in [1.165, 1.54) is 25.0 Å². The Morgan fingerprint density at radius 3 is 2.93 bits per heavy atom. The smallest absolute Gasteiger partial charge is 0.126 e. The average molecular weight is 209 g/mol. The van der Waals surface area contributed by atoms with E-state index < -0.39 is 0 Å². The van der Waals surface area contributed by atoms with Crippen LogP contribution in [0.5, 0.6) is 5.75 Å². The summed E-state index contributed by atoms with van der Waals surface area (Å²) in [6.45, 7) is 1.03. The first-order chi connectivity index (χ1) is 7.31. The maximum absolute atomic E-state index is 13.0. The maximum atomic E-state index is 13.0. The van der Waals surface area contributed by atoms with E-state index in [0.717, 1.165) is 18.5 Å². The molecule has 0 radical (unpaired) electrons. The van der Waals surface area contributed by atoms with Gasteiger partial charge in [-0.15, -0.1) is 0 Å². The zero-order valence-corrected chi connectivity index (χ0v) is 8.92. The lowest BCUT2D eigenvalue weighted by atomic mass is 9.97. The Balaban J connectivity index is 2.25. The van der Waals surface area contributed by atoms with Gasteiger partial charge >= 0.3 is 0 Å². The molecule has 1 atom stereocenters. The number of halogens is 1. The molecule has 1 aliphatic heterocycles. The Morgan fingerprint density at radius 1 is 1.40 bits per heavy atom. The van der Waals surface area contributed by atoms with Gasteiger partial charge in [-0.25, -0.2) is 4.39 Å². The third kappa shape index (κ3) is 2.29. The molecule has 2 rings (SSSR count). The molecule has 3 heteroatoms. The van der Waals surface area contributed by atoms with Crippen LogP contribution in [-0.2, 0) is 0 Å². The molecule has 0 spiro atoms. The number of piperidine rings is 1. The summed E-state index contributed by atoms with van der Waals surface area (Å²) >= 11 is 0. The number of nitrogens with one attached hydrogen (secondary N) is 1. The molecule has 82 valence electrons. The Kier molecular flexibility index (Phi) is 3.21. The predicted octanol–water partition coefficient (Wildman–Crippen LogP) is 2.65. The van der Waals surface area contributed by atoms with Gasteiger partial charge in [0.05, 0.1) is 7.11 Å². The van der Waals surface area contributed by atoms with Crippen LogP contribution >= 0.6 is 0 Å². The molecule has 2 nitrogen and oxygen atoms in total. The van der Waals surface area contributed by atoms with Crippen LogP contribution < -0.4 is 10.1 Å². The van der Waals surface area contributed by atoms with E-state index in [4.69, 9.17) is 4.74 Å². The van der Waals surface area contributed by atoms with Crippen molar-refractivity contribution in [2.45, 2.75) is 25.3 Å². The lowest BCUT2D eigenvalue weighted by Gasteiger charge is -2.25. The van der Waals surface area contributed by atoms with E-state index in [1.54, 1.807) is 7.11 Å². The zero-order chi connectivity index (χ0) is 10.7. The van der Waals surface area contributed by atoms with Crippen LogP contribution in [-0.4, -0.2) is 13.7 Å². The molecule has 1 aliphatic rings. The topological polar surface area (TPSA) is 21.3 Å². The third-order valence-electron chi connectivity index (χ3n) is 2.88. The second kappa shape index (κ2) is 4.62. The molecule has 0 saturated carbocycles. The second-order valence-corrected chi connectivity index (χ2v) is 3.89. The lowest BCUT2D eigenvalue weighted by molar-refractivity contribution is 0.371. The van der Waals surface area contributed by atoms with Crippen molar-refractivity contribution >= 4 is 0 Å². The minimum Gasteiger partial charge on any atom is -0.496 e. The fraction of sp³-hybridized carbons (Fsp3) is 0.500. The molecule has 1 saturated heterocycles. The average Bonchev–Trinajstić information content (AvgIpc) is 2.30. The van der Waals surface area contributed by atoms with Gasteiger partial charge in [-0.3, -0.25) is 0 Å². The van der Waals surface area contributed by atoms with Crippen LogP contribution in [0.3, 0.4) is 0 Å². The van der Waals surface area contributed by atoms with Gasteiger partial charge in [0, 0.05) is 17.7 Å². The van der Waals surface area contributed by atoms with E-state index in [9.17, 15) is 4.39 Å². The quantitative estimate of drug-likeness (QED) is 0.808. The Hall–Kier alpha value is -1.09. The number of methoxy groups -OCH3 is 1. The van der Waals surface area contributed by atoms with E-state index >= 15 is 0 Å². The first-order valence-electron chi connectivity index (χ1n) is 5.38. The molecule has 1 N–H and O–H groups in total. The number of hydrogen-bond donors (Lipinski definition) is 1. The van der Waals surface area contributed by atoms with Crippen molar-refractivity contribution in [3.8, 4) is 5.75 Å². The van der Waals surface area contributed by atoms with Gasteiger partial charge in [0.1, 0.15) is 11.6 Å². The highest BCUT2D eigenvalue weighted by atomic mass is 19.1. The maximum Gasteiger partial charge on any atom is 0.126 e. The molecular formula is C12H16FNO. The van der Waals surface area contributed by atoms with Gasteiger partial charge in [-0.05, 0) is 25.5 Å². The molecule has 1 aromatic rings. The Bertz CT molecular complexity index is 334. The molecule has 1 unspecified atom stereocenters. The fourth-order valence-corrected chi connectivity index (χ4v) is 2.09. The Labute approximate surface area is 89.4 Å². The third-order valence-corrected chi connectivity index (χ3v) is 2.88. The van der Waals surface area contributed by atoms with E-state index in [1.807, 2.05) is 6.07 Å². The van der Waals surface area contributed by atoms with Crippen molar-refractivity contribution in [2.24, 2.45) is 0 Å². The van der Waals surface area contributed by atoms with Crippen molar-refractivity contribution in [1.29, 1.82) is 0 Å². The van der Waals surface area contributed by atoms with Gasteiger partial charge in [-0.2, -0.15) is 0 Å². The highest BCUT2D eigenvalue weighted by molar-refractivity contribution is 5.36. The summed E-state index contributed by atoms with van der Waals surface area (Å²) in [5.74, 6) is 0.404. The van der Waals surface area contributed by atoms with Gasteiger partial charge in [0.2, 0.25) is 0 Å². The molecular weight excluding hydrogens is 193 g/mol. The summed E-state index contributed by atoms with van der Waals surface area (Å²) < 4.78 is 18.2. The van der Waals surface area contributed by atoms with Gasteiger partial charge < -0.3 is 10.1 Å². The number of rotatable bonds is 2. The second-order valence-electron chi connectivity index (χ2n) is 3.89. The lowest BCUT2D eigenvalue weighted by Crippen LogP contribution is -2.27. The van der Waals surface area contributed by atoms with Crippen LogP contribution in [0.4, 0.5) is 4.39 Å². The van der Waals surface area contributed by atoms with Crippen molar-refractivity contribution in [3.63, 3.8) is 0 Å². The summed E-state index contributed by atoms with van der Waals surface area (Å²) in [7, 11) is 1.58. The van der Waals surface area contributed by atoms with Gasteiger partial charge in [0.15, 0.2) is 0 Å². The molecule has 1 heterocycles. The van der Waals surface area contributed by atoms with E-state index in [-0.39, 0.29) is 5.82 Å². The Morgan fingerprint density at radius 2 is 2.27 bits per heavy atom. The molecule has 0 aromatic heterocycles. The SMILES string of the molecule is COc1cc(F)ccc1C1CCCCN1. The molecule has 0 bridgehead atoms. The minimum absolute atomic E-state index is 0.244. The first-order valence-corrected chi connectivity index (χ1v) is 5.38. The van der Waals surface area contributed by atoms with E-state index in [0.29, 0.717) is 11.8 Å². The monoisotopic (exact) mass is 209 g/mol. The van der Waals surface area contributed by atoms with Crippen LogP contribution in [0.1, 0.15) is 30.9 Å². The molecule has 1 aromatic carbocycles. The summed E-state index contributed by atoms with van der Waals surface area (Å²) in [4.78, 5) is 0. The van der Waals surface area contributed by atoms with Crippen molar-refractivity contribution in [2.75, 3.05) is 13.7 Å². The fourth-order valence-electron chi connectivity index (χ4n) is 2.09. The highest BCUT2D eigenvalue weighted by Crippen LogP contribution is 2.30. The standard InChI is InChI=1S/C12H16FNO/c1-15-12-8-9(13)5-6-10(12)11-4-2-3-7-14-11/h5-6,8,11,14H,2-4,7H2,1H3. The number of hydrogen-bond acceptors (Lipinski definition) is 2. The molecule has 0 aliphatic carbocycles. The summed E-state index contributed by atoms with van der Waals surface area (Å²) in [5.41, 5.74) is 1.07. The minimum atomic E-state index is -0.244. The van der Waals surface area contributed by atoms with Crippen LogP contribution in [0.2, 0.25) is 0 Å². The normalized spacial score (nSPS) is 21.3. The summed E-state index contributed by atoms with van der Waals surface area (Å²) in [6.07, 6.45) is 3.54. The van der Waals surface area contributed by atoms with E-state index in [2.05, 4.69) is 5.32 Å². The van der Waals surface area contributed by atoms with Crippen molar-refractivity contribution < 1.29 is 9.13 Å². The van der Waals surface area contributed by atoms with Gasteiger partial charge in [0.25, 0.3) is 0 Å². The zero-order valence-electron chi connectivity index (χ0n) is 8.92. The van der Waals surface area contributed by atoms with Crippen molar-refractivity contribution in [3.05, 3.63) is 29.6 Å². The van der Waals surface area contributed by atoms with Crippen LogP contribution in [0.25, 0.3) is 0 Å². The van der Waals surface area contributed by atoms with Gasteiger partial charge in [-0.1, -0.05) is 12.5 Å². The molecule has 1 fully saturated rings. The summed E-state index contributed by atoms with van der Waals surface area (Å²) in [6, 6.07) is 5.07. The molecule has 0 amide bonds. The number of benzene rings is 1. The number of ether oxygens (including phenoxy) is 1. The largest absolute Gasteiger partial charge is 0.496 e. The summed E-state index contributed by atoms with van der Waals surface area (Å²) in [5, 5.41) is 3.43. The highest BCUT2D eigenvalue weighted by Gasteiger charge is 2.18. The van der Waals surface area contributed by atoms with Crippen LogP contribution in [0, 0.1) is 5.82 Å².